The molecule has 1 saturated heterocycles. The Bertz CT molecular complexity index is 326. The van der Waals surface area contributed by atoms with Crippen molar-refractivity contribution in [2.45, 2.75) is 19.9 Å². The predicted molar refractivity (Wildman–Crippen MR) is 73.0 cm³/mol. The van der Waals surface area contributed by atoms with E-state index in [0.717, 1.165) is 18.4 Å². The predicted octanol–water partition coefficient (Wildman–Crippen LogP) is 2.53. The van der Waals surface area contributed by atoms with Crippen LogP contribution in [0, 0.1) is 11.8 Å². The molecule has 17 heavy (non-hydrogen) atoms. The van der Waals surface area contributed by atoms with Crippen molar-refractivity contribution >= 4 is 0 Å². The Morgan fingerprint density at radius 1 is 1.18 bits per heavy atom. The lowest BCUT2D eigenvalue weighted by Gasteiger charge is -2.28. The third-order valence-corrected chi connectivity index (χ3v) is 4.04. The van der Waals surface area contributed by atoms with Gasteiger partial charge in [-0.1, -0.05) is 44.2 Å². The molecule has 0 saturated carbocycles. The van der Waals surface area contributed by atoms with Gasteiger partial charge in [-0.25, -0.2) is 0 Å². The summed E-state index contributed by atoms with van der Waals surface area (Å²) in [6.45, 7) is 8.21. The fourth-order valence-corrected chi connectivity index (χ4v) is 2.76. The molecule has 1 fully saturated rings. The highest BCUT2D eigenvalue weighted by molar-refractivity contribution is 5.20. The number of likely N-dealkylation sites (tertiary alicyclic amines) is 1. The maximum absolute atomic E-state index is 3.33. The van der Waals surface area contributed by atoms with Gasteiger partial charge in [-0.2, -0.15) is 0 Å². The Kier molecular flexibility index (Phi) is 4.19. The molecule has 1 N–H and O–H groups in total. The van der Waals surface area contributed by atoms with Gasteiger partial charge in [0.2, 0.25) is 0 Å². The molecule has 0 radical (unpaired) electrons. The minimum absolute atomic E-state index is 0.522. The zero-order valence-corrected chi connectivity index (χ0v) is 11.2. The van der Waals surface area contributed by atoms with Crippen LogP contribution >= 0.6 is 0 Å². The van der Waals surface area contributed by atoms with Crippen molar-refractivity contribution in [3.63, 3.8) is 0 Å². The van der Waals surface area contributed by atoms with Gasteiger partial charge >= 0.3 is 0 Å². The van der Waals surface area contributed by atoms with Crippen molar-refractivity contribution in [3.8, 4) is 0 Å². The molecule has 1 heterocycles. The van der Waals surface area contributed by atoms with Crippen LogP contribution in [0.5, 0.6) is 0 Å². The summed E-state index contributed by atoms with van der Waals surface area (Å²) >= 11 is 0. The number of nitrogens with zero attached hydrogens (tertiary/aromatic N) is 1. The van der Waals surface area contributed by atoms with Gasteiger partial charge in [0.05, 0.1) is 0 Å². The molecule has 1 aromatic rings. The number of nitrogens with one attached hydrogen (secondary N) is 1. The van der Waals surface area contributed by atoms with Crippen LogP contribution in [-0.2, 0) is 0 Å². The third kappa shape index (κ3) is 2.88. The molecule has 0 aromatic heterocycles. The minimum atomic E-state index is 0.522. The third-order valence-electron chi connectivity index (χ3n) is 4.04. The van der Waals surface area contributed by atoms with Gasteiger partial charge in [0.25, 0.3) is 0 Å². The fraction of sp³-hybridized carbons (Fsp3) is 0.600. The molecule has 0 aliphatic carbocycles. The lowest BCUT2D eigenvalue weighted by Crippen LogP contribution is -2.33. The van der Waals surface area contributed by atoms with Crippen LogP contribution in [0.25, 0.3) is 0 Å². The largest absolute Gasteiger partial charge is 0.318 e. The van der Waals surface area contributed by atoms with Crippen molar-refractivity contribution in [3.05, 3.63) is 35.9 Å². The van der Waals surface area contributed by atoms with Crippen LogP contribution in [0.3, 0.4) is 0 Å². The molecular weight excluding hydrogens is 208 g/mol. The molecule has 1 aromatic carbocycles. The zero-order chi connectivity index (χ0) is 12.3. The van der Waals surface area contributed by atoms with Gasteiger partial charge in [-0.3, -0.25) is 4.90 Å². The van der Waals surface area contributed by atoms with E-state index in [-0.39, 0.29) is 0 Å². The molecule has 2 rings (SSSR count). The lowest BCUT2D eigenvalue weighted by atomic mass is 10.0. The van der Waals surface area contributed by atoms with Gasteiger partial charge in [-0.05, 0) is 24.4 Å². The minimum Gasteiger partial charge on any atom is -0.318 e. The Balaban J connectivity index is 2.13. The van der Waals surface area contributed by atoms with Crippen LogP contribution < -0.4 is 5.32 Å². The molecule has 1 aliphatic rings. The topological polar surface area (TPSA) is 15.3 Å². The molecule has 0 spiro atoms. The van der Waals surface area contributed by atoms with E-state index in [9.17, 15) is 0 Å². The molecule has 94 valence electrons. The average molecular weight is 232 g/mol. The first-order valence-electron chi connectivity index (χ1n) is 6.66. The van der Waals surface area contributed by atoms with Crippen molar-refractivity contribution in [1.29, 1.82) is 0 Å². The molecular formula is C15H24N2. The van der Waals surface area contributed by atoms with Crippen LogP contribution in [0.15, 0.2) is 30.3 Å². The fourth-order valence-electron chi connectivity index (χ4n) is 2.76. The molecule has 3 unspecified atom stereocenters. The van der Waals surface area contributed by atoms with Crippen LogP contribution in [-0.4, -0.2) is 31.6 Å². The highest BCUT2D eigenvalue weighted by Gasteiger charge is 2.31. The van der Waals surface area contributed by atoms with Gasteiger partial charge in [0.15, 0.2) is 0 Å². The number of rotatable bonds is 4. The quantitative estimate of drug-likeness (QED) is 0.858. The normalized spacial score (nSPS) is 27.2. The summed E-state index contributed by atoms with van der Waals surface area (Å²) in [5.74, 6) is 1.64. The van der Waals surface area contributed by atoms with Crippen molar-refractivity contribution in [1.82, 2.24) is 10.2 Å². The monoisotopic (exact) mass is 232 g/mol. The summed E-state index contributed by atoms with van der Waals surface area (Å²) in [6.07, 6.45) is 0. The first kappa shape index (κ1) is 12.6. The van der Waals surface area contributed by atoms with E-state index in [1.807, 2.05) is 7.05 Å². The number of hydrogen-bond donors (Lipinski definition) is 1. The van der Waals surface area contributed by atoms with Crippen molar-refractivity contribution in [2.24, 2.45) is 11.8 Å². The van der Waals surface area contributed by atoms with Gasteiger partial charge in [-0.15, -0.1) is 0 Å². The molecule has 0 bridgehead atoms. The Labute approximate surface area is 105 Å². The molecule has 2 heteroatoms. The summed E-state index contributed by atoms with van der Waals surface area (Å²) < 4.78 is 0. The summed E-state index contributed by atoms with van der Waals surface area (Å²) in [6, 6.07) is 11.4. The zero-order valence-electron chi connectivity index (χ0n) is 11.2. The van der Waals surface area contributed by atoms with Crippen LogP contribution in [0.4, 0.5) is 0 Å². The highest BCUT2D eigenvalue weighted by atomic mass is 15.2. The van der Waals surface area contributed by atoms with Gasteiger partial charge in [0.1, 0.15) is 0 Å². The van der Waals surface area contributed by atoms with Crippen molar-refractivity contribution < 1.29 is 0 Å². The second-order valence-electron chi connectivity index (χ2n) is 5.39. The maximum atomic E-state index is 3.33. The van der Waals surface area contributed by atoms with E-state index in [2.05, 4.69) is 54.4 Å². The summed E-state index contributed by atoms with van der Waals surface area (Å²) in [7, 11) is 2.04. The van der Waals surface area contributed by atoms with Gasteiger partial charge < -0.3 is 5.32 Å². The van der Waals surface area contributed by atoms with Gasteiger partial charge in [0, 0.05) is 25.7 Å². The Morgan fingerprint density at radius 2 is 1.76 bits per heavy atom. The number of likely N-dealkylation sites (N-methyl/N-ethyl adjacent to an activating group) is 1. The maximum Gasteiger partial charge on any atom is 0.0472 e. The second-order valence-corrected chi connectivity index (χ2v) is 5.39. The highest BCUT2D eigenvalue weighted by Crippen LogP contribution is 2.30. The van der Waals surface area contributed by atoms with E-state index in [1.165, 1.54) is 18.7 Å². The van der Waals surface area contributed by atoms with Crippen LogP contribution in [0.1, 0.15) is 25.5 Å². The smallest absolute Gasteiger partial charge is 0.0472 e. The molecule has 1 aliphatic heterocycles. The van der Waals surface area contributed by atoms with E-state index in [0.29, 0.717) is 6.04 Å². The summed E-state index contributed by atoms with van der Waals surface area (Å²) in [5.41, 5.74) is 1.43. The first-order chi connectivity index (χ1) is 8.22. The molecule has 2 nitrogen and oxygen atoms in total. The molecule has 0 amide bonds. The summed E-state index contributed by atoms with van der Waals surface area (Å²) in [5, 5.41) is 3.33. The molecule has 3 atom stereocenters. The Hall–Kier alpha value is -0.860. The van der Waals surface area contributed by atoms with E-state index in [1.54, 1.807) is 0 Å². The van der Waals surface area contributed by atoms with Crippen LogP contribution in [0.2, 0.25) is 0 Å². The second kappa shape index (κ2) is 5.65. The van der Waals surface area contributed by atoms with E-state index in [4.69, 9.17) is 0 Å². The lowest BCUT2D eigenvalue weighted by molar-refractivity contribution is 0.231. The SMILES string of the molecule is CNCC(c1ccccc1)N1CC(C)C(C)C1. The van der Waals surface area contributed by atoms with E-state index >= 15 is 0 Å². The van der Waals surface area contributed by atoms with Crippen molar-refractivity contribution in [2.75, 3.05) is 26.7 Å². The summed E-state index contributed by atoms with van der Waals surface area (Å²) in [4.78, 5) is 2.63. The first-order valence-corrected chi connectivity index (χ1v) is 6.66. The number of hydrogen-bond acceptors (Lipinski definition) is 2. The number of benzene rings is 1. The average Bonchev–Trinajstić information content (AvgIpc) is 2.67. The standard InChI is InChI=1S/C15H24N2/c1-12-10-17(11-13(12)2)15(9-16-3)14-7-5-4-6-8-14/h4-8,12-13,15-16H,9-11H2,1-3H3. The van der Waals surface area contributed by atoms with E-state index < -0.39 is 0 Å². The Morgan fingerprint density at radius 3 is 2.29 bits per heavy atom.